The van der Waals surface area contributed by atoms with Crippen molar-refractivity contribution in [2.45, 2.75) is 64.2 Å². The van der Waals surface area contributed by atoms with E-state index in [1.54, 1.807) is 6.08 Å². The topological polar surface area (TPSA) is 47.6 Å². The summed E-state index contributed by atoms with van der Waals surface area (Å²) in [4.78, 5) is 0. The minimum atomic E-state index is 0.749. The van der Waals surface area contributed by atoms with Crippen molar-refractivity contribution < 1.29 is 0 Å². The molecule has 2 rings (SSSR count). The van der Waals surface area contributed by atoms with Crippen molar-refractivity contribution in [2.24, 2.45) is 11.8 Å². The number of nitrogens with zero attached hydrogens (tertiary/aromatic N) is 2. The van der Waals surface area contributed by atoms with E-state index in [-0.39, 0.29) is 0 Å². The predicted molar refractivity (Wildman–Crippen MR) is 98.1 cm³/mol. The van der Waals surface area contributed by atoms with Gasteiger partial charge in [0.25, 0.3) is 0 Å². The number of unbranched alkanes of at least 4 members (excludes halogenated alkanes) is 1. The van der Waals surface area contributed by atoms with Crippen molar-refractivity contribution in [1.29, 1.82) is 10.5 Å². The van der Waals surface area contributed by atoms with Gasteiger partial charge in [-0.3, -0.25) is 0 Å². The van der Waals surface area contributed by atoms with Gasteiger partial charge in [-0.15, -0.1) is 0 Å². The highest BCUT2D eigenvalue weighted by molar-refractivity contribution is 5.31. The Morgan fingerprint density at radius 2 is 1.58 bits per heavy atom. The van der Waals surface area contributed by atoms with E-state index in [1.165, 1.54) is 56.9 Å². The van der Waals surface area contributed by atoms with Crippen molar-refractivity contribution in [1.82, 2.24) is 0 Å². The normalized spacial score (nSPS) is 20.6. The number of allylic oxidation sites excluding steroid dienone is 2. The number of nitriles is 2. The van der Waals surface area contributed by atoms with Gasteiger partial charge in [-0.2, -0.15) is 10.5 Å². The molecule has 0 radical (unpaired) electrons. The maximum absolute atomic E-state index is 8.81. The predicted octanol–water partition coefficient (Wildman–Crippen LogP) is 5.94. The van der Waals surface area contributed by atoms with E-state index in [9.17, 15) is 0 Å². The highest BCUT2D eigenvalue weighted by Crippen LogP contribution is 2.34. The second-order valence-corrected chi connectivity index (χ2v) is 7.05. The van der Waals surface area contributed by atoms with Gasteiger partial charge in [0.15, 0.2) is 0 Å². The lowest BCUT2D eigenvalue weighted by Crippen LogP contribution is -2.14. The summed E-state index contributed by atoms with van der Waals surface area (Å²) in [7, 11) is 0. The lowest BCUT2D eigenvalue weighted by molar-refractivity contribution is 0.250. The van der Waals surface area contributed by atoms with Crippen LogP contribution in [0, 0.1) is 34.5 Å². The van der Waals surface area contributed by atoms with Crippen LogP contribution >= 0.6 is 0 Å². The van der Waals surface area contributed by atoms with Crippen LogP contribution in [-0.4, -0.2) is 0 Å². The van der Waals surface area contributed by atoms with Gasteiger partial charge < -0.3 is 0 Å². The SMILES string of the molecule is N#CC=CCCC1CCC(CCCCc2ccc(C#N)cc2)CC1. The van der Waals surface area contributed by atoms with Gasteiger partial charge in [0.05, 0.1) is 17.7 Å². The van der Waals surface area contributed by atoms with E-state index in [2.05, 4.69) is 24.3 Å². The standard InChI is InChI=1S/C22H28N2/c23-17-5-1-2-6-19-9-11-20(12-10-19)7-3-4-8-21-13-15-22(18-24)16-14-21/h1,5,13-16,19-20H,2-4,6-12H2. The molecule has 0 atom stereocenters. The van der Waals surface area contributed by atoms with Crippen LogP contribution in [0.4, 0.5) is 0 Å². The fourth-order valence-electron chi connectivity index (χ4n) is 3.78. The third kappa shape index (κ3) is 6.59. The van der Waals surface area contributed by atoms with Crippen molar-refractivity contribution in [3.63, 3.8) is 0 Å². The minimum Gasteiger partial charge on any atom is -0.193 e. The summed E-state index contributed by atoms with van der Waals surface area (Å²) in [5, 5.41) is 17.3. The molecule has 2 heteroatoms. The first kappa shape index (κ1) is 18.3. The van der Waals surface area contributed by atoms with Crippen molar-refractivity contribution in [3.8, 4) is 12.1 Å². The molecule has 1 saturated carbocycles. The Balaban J connectivity index is 1.55. The second-order valence-electron chi connectivity index (χ2n) is 7.05. The Morgan fingerprint density at radius 1 is 0.917 bits per heavy atom. The third-order valence-electron chi connectivity index (χ3n) is 5.31. The largest absolute Gasteiger partial charge is 0.193 e. The molecule has 1 aliphatic carbocycles. The van der Waals surface area contributed by atoms with Gasteiger partial charge in [0.2, 0.25) is 0 Å². The fourth-order valence-corrected chi connectivity index (χ4v) is 3.78. The number of aryl methyl sites for hydroxylation is 1. The van der Waals surface area contributed by atoms with Gasteiger partial charge in [0, 0.05) is 6.08 Å². The quantitative estimate of drug-likeness (QED) is 0.439. The summed E-state index contributed by atoms with van der Waals surface area (Å²) in [5.41, 5.74) is 2.10. The zero-order valence-corrected chi connectivity index (χ0v) is 14.6. The van der Waals surface area contributed by atoms with Crippen LogP contribution in [0.3, 0.4) is 0 Å². The molecule has 0 aliphatic heterocycles. The molecule has 0 saturated heterocycles. The van der Waals surface area contributed by atoms with E-state index in [0.717, 1.165) is 30.2 Å². The van der Waals surface area contributed by atoms with E-state index < -0.39 is 0 Å². The molecule has 1 fully saturated rings. The van der Waals surface area contributed by atoms with Crippen LogP contribution in [0.25, 0.3) is 0 Å². The summed E-state index contributed by atoms with van der Waals surface area (Å²) in [6.07, 6.45) is 16.6. The molecule has 0 aromatic heterocycles. The lowest BCUT2D eigenvalue weighted by Gasteiger charge is -2.28. The molecular weight excluding hydrogens is 292 g/mol. The highest BCUT2D eigenvalue weighted by atomic mass is 14.3. The maximum atomic E-state index is 8.81. The van der Waals surface area contributed by atoms with Crippen LogP contribution in [0.1, 0.15) is 68.9 Å². The number of hydrogen-bond donors (Lipinski definition) is 0. The molecule has 126 valence electrons. The molecule has 0 bridgehead atoms. The molecule has 0 N–H and O–H groups in total. The summed E-state index contributed by atoms with van der Waals surface area (Å²) in [5.74, 6) is 1.81. The molecule has 0 unspecified atom stereocenters. The van der Waals surface area contributed by atoms with Gasteiger partial charge in [-0.1, -0.05) is 56.7 Å². The fraction of sp³-hybridized carbons (Fsp3) is 0.545. The molecular formula is C22H28N2. The molecule has 1 aromatic carbocycles. The Morgan fingerprint density at radius 3 is 2.21 bits per heavy atom. The van der Waals surface area contributed by atoms with E-state index in [1.807, 2.05) is 18.2 Å². The summed E-state index contributed by atoms with van der Waals surface area (Å²) < 4.78 is 0. The van der Waals surface area contributed by atoms with Gasteiger partial charge >= 0.3 is 0 Å². The van der Waals surface area contributed by atoms with E-state index in [4.69, 9.17) is 10.5 Å². The third-order valence-corrected chi connectivity index (χ3v) is 5.31. The maximum Gasteiger partial charge on any atom is 0.0991 e. The molecule has 0 spiro atoms. The molecule has 1 aromatic rings. The number of rotatable bonds is 8. The average molecular weight is 320 g/mol. The average Bonchev–Trinajstić information content (AvgIpc) is 2.64. The van der Waals surface area contributed by atoms with Crippen LogP contribution in [0.5, 0.6) is 0 Å². The monoisotopic (exact) mass is 320 g/mol. The minimum absolute atomic E-state index is 0.749. The Labute approximate surface area is 146 Å². The van der Waals surface area contributed by atoms with Gasteiger partial charge in [-0.05, 0) is 55.2 Å². The van der Waals surface area contributed by atoms with Crippen molar-refractivity contribution >= 4 is 0 Å². The first-order valence-corrected chi connectivity index (χ1v) is 9.35. The number of hydrogen-bond acceptors (Lipinski definition) is 2. The van der Waals surface area contributed by atoms with Crippen LogP contribution in [-0.2, 0) is 6.42 Å². The molecule has 0 amide bonds. The van der Waals surface area contributed by atoms with Crippen molar-refractivity contribution in [2.75, 3.05) is 0 Å². The Hall–Kier alpha value is -2.06. The van der Waals surface area contributed by atoms with Gasteiger partial charge in [-0.25, -0.2) is 0 Å². The molecule has 24 heavy (non-hydrogen) atoms. The molecule has 2 nitrogen and oxygen atoms in total. The van der Waals surface area contributed by atoms with Crippen LogP contribution < -0.4 is 0 Å². The van der Waals surface area contributed by atoms with Crippen LogP contribution in [0.15, 0.2) is 36.4 Å². The van der Waals surface area contributed by atoms with E-state index >= 15 is 0 Å². The van der Waals surface area contributed by atoms with Crippen molar-refractivity contribution in [3.05, 3.63) is 47.5 Å². The first-order valence-electron chi connectivity index (χ1n) is 9.35. The highest BCUT2D eigenvalue weighted by Gasteiger charge is 2.20. The second kappa shape index (κ2) is 10.7. The van der Waals surface area contributed by atoms with Gasteiger partial charge in [0.1, 0.15) is 0 Å². The zero-order chi connectivity index (χ0) is 17.0. The first-order chi connectivity index (χ1) is 11.8. The Bertz CT molecular complexity index is 578. The summed E-state index contributed by atoms with van der Waals surface area (Å²) >= 11 is 0. The van der Waals surface area contributed by atoms with E-state index in [0.29, 0.717) is 0 Å². The van der Waals surface area contributed by atoms with Crippen LogP contribution in [0.2, 0.25) is 0 Å². The molecule has 1 aliphatic rings. The lowest BCUT2D eigenvalue weighted by atomic mass is 9.78. The Kier molecular flexibility index (Phi) is 8.12. The molecule has 0 heterocycles. The zero-order valence-electron chi connectivity index (χ0n) is 14.6. The smallest absolute Gasteiger partial charge is 0.0991 e. The summed E-state index contributed by atoms with van der Waals surface area (Å²) in [6, 6.07) is 12.2. The number of benzene rings is 1. The summed E-state index contributed by atoms with van der Waals surface area (Å²) in [6.45, 7) is 0.